The molecule has 0 atom stereocenters. The molecule has 0 radical (unpaired) electrons. The zero-order valence-electron chi connectivity index (χ0n) is 13.5. The van der Waals surface area contributed by atoms with Gasteiger partial charge >= 0.3 is 0 Å². The Hall–Kier alpha value is -2.60. The topological polar surface area (TPSA) is 60.5 Å². The van der Waals surface area contributed by atoms with E-state index in [0.29, 0.717) is 18.0 Å². The third-order valence-corrected chi connectivity index (χ3v) is 4.49. The Morgan fingerprint density at radius 1 is 1.21 bits per heavy atom. The molecule has 0 saturated heterocycles. The Morgan fingerprint density at radius 2 is 2.04 bits per heavy atom. The number of rotatable bonds is 6. The van der Waals surface area contributed by atoms with Crippen molar-refractivity contribution in [1.29, 1.82) is 0 Å². The summed E-state index contributed by atoms with van der Waals surface area (Å²) in [5.74, 6) is 0.976. The smallest absolute Gasteiger partial charge is 0.258 e. The minimum atomic E-state index is -0.197. The highest BCUT2D eigenvalue weighted by Crippen LogP contribution is 2.27. The van der Waals surface area contributed by atoms with Crippen LogP contribution in [0.1, 0.15) is 10.6 Å². The average molecular weight is 342 g/mol. The van der Waals surface area contributed by atoms with E-state index < -0.39 is 0 Å². The number of benzene rings is 2. The van der Waals surface area contributed by atoms with Crippen molar-refractivity contribution in [1.82, 2.24) is 10.3 Å². The summed E-state index contributed by atoms with van der Waals surface area (Å²) in [7, 11) is 1.58. The molecule has 0 bridgehead atoms. The number of hydrogen-bond acceptors (Lipinski definition) is 5. The molecular weight excluding hydrogens is 324 g/mol. The molecule has 124 valence electrons. The lowest BCUT2D eigenvalue weighted by Gasteiger charge is -2.11. The molecule has 0 unspecified atom stereocenters. The second-order valence-electron chi connectivity index (χ2n) is 5.30. The fourth-order valence-corrected chi connectivity index (χ4v) is 3.17. The lowest BCUT2D eigenvalue weighted by molar-refractivity contribution is -0.123. The highest BCUT2D eigenvalue weighted by molar-refractivity contribution is 7.18. The molecule has 1 heterocycles. The number of para-hydroxylation sites is 1. The second kappa shape index (κ2) is 7.31. The number of methoxy groups -OCH3 is 1. The van der Waals surface area contributed by atoms with Crippen LogP contribution >= 0.6 is 11.3 Å². The molecule has 3 rings (SSSR count). The number of amides is 1. The number of nitrogens with zero attached hydrogens (tertiary/aromatic N) is 1. The summed E-state index contributed by atoms with van der Waals surface area (Å²) in [6, 6.07) is 13.5. The molecule has 0 aliphatic rings. The van der Waals surface area contributed by atoms with Crippen molar-refractivity contribution in [2.24, 2.45) is 0 Å². The van der Waals surface area contributed by atoms with Crippen LogP contribution in [-0.4, -0.2) is 24.6 Å². The monoisotopic (exact) mass is 342 g/mol. The van der Waals surface area contributed by atoms with Crippen LogP contribution in [0.15, 0.2) is 42.5 Å². The molecule has 5 nitrogen and oxygen atoms in total. The molecule has 0 fully saturated rings. The van der Waals surface area contributed by atoms with E-state index in [2.05, 4.69) is 10.3 Å². The van der Waals surface area contributed by atoms with E-state index in [-0.39, 0.29) is 12.5 Å². The van der Waals surface area contributed by atoms with Gasteiger partial charge in [-0.05, 0) is 36.8 Å². The fraction of sp³-hybridized carbons (Fsp3) is 0.222. The SMILES string of the molecule is COc1cc(C)ccc1OCC(=O)NCc1nc2ccccc2s1. The van der Waals surface area contributed by atoms with Crippen molar-refractivity contribution in [2.75, 3.05) is 13.7 Å². The molecule has 0 aliphatic carbocycles. The summed E-state index contributed by atoms with van der Waals surface area (Å²) in [6.45, 7) is 2.30. The maximum Gasteiger partial charge on any atom is 0.258 e. The predicted molar refractivity (Wildman–Crippen MR) is 94.7 cm³/mol. The number of aryl methyl sites for hydroxylation is 1. The fourth-order valence-electron chi connectivity index (χ4n) is 2.26. The van der Waals surface area contributed by atoms with Crippen LogP contribution in [0.25, 0.3) is 10.2 Å². The summed E-state index contributed by atoms with van der Waals surface area (Å²) in [5, 5.41) is 3.69. The van der Waals surface area contributed by atoms with Crippen LogP contribution in [0.3, 0.4) is 0 Å². The van der Waals surface area contributed by atoms with E-state index in [1.165, 1.54) is 0 Å². The first kappa shape index (κ1) is 16.3. The summed E-state index contributed by atoms with van der Waals surface area (Å²) < 4.78 is 11.9. The normalized spacial score (nSPS) is 10.6. The van der Waals surface area contributed by atoms with Gasteiger partial charge in [0.2, 0.25) is 0 Å². The van der Waals surface area contributed by atoms with Crippen LogP contribution in [0.2, 0.25) is 0 Å². The minimum Gasteiger partial charge on any atom is -0.493 e. The summed E-state index contributed by atoms with van der Waals surface area (Å²) in [6.07, 6.45) is 0. The summed E-state index contributed by atoms with van der Waals surface area (Å²) in [5.41, 5.74) is 2.02. The van der Waals surface area contributed by atoms with Gasteiger partial charge < -0.3 is 14.8 Å². The Morgan fingerprint density at radius 3 is 2.83 bits per heavy atom. The van der Waals surface area contributed by atoms with Crippen molar-refractivity contribution in [3.63, 3.8) is 0 Å². The molecule has 0 spiro atoms. The van der Waals surface area contributed by atoms with E-state index in [0.717, 1.165) is 20.8 Å². The lowest BCUT2D eigenvalue weighted by atomic mass is 10.2. The molecular formula is C18H18N2O3S. The largest absolute Gasteiger partial charge is 0.493 e. The average Bonchev–Trinajstić information content (AvgIpc) is 3.01. The third-order valence-electron chi connectivity index (χ3n) is 3.45. The van der Waals surface area contributed by atoms with Crippen molar-refractivity contribution in [2.45, 2.75) is 13.5 Å². The number of nitrogens with one attached hydrogen (secondary N) is 1. The van der Waals surface area contributed by atoms with Gasteiger partial charge in [0.15, 0.2) is 18.1 Å². The van der Waals surface area contributed by atoms with Gasteiger partial charge in [-0.25, -0.2) is 4.98 Å². The Labute approximate surface area is 144 Å². The molecule has 1 amide bonds. The van der Waals surface area contributed by atoms with E-state index in [9.17, 15) is 4.79 Å². The summed E-state index contributed by atoms with van der Waals surface area (Å²) in [4.78, 5) is 16.5. The van der Waals surface area contributed by atoms with Gasteiger partial charge in [0.25, 0.3) is 5.91 Å². The first-order valence-corrected chi connectivity index (χ1v) is 8.36. The van der Waals surface area contributed by atoms with E-state index in [1.807, 2.05) is 43.3 Å². The Bertz CT molecular complexity index is 827. The number of ether oxygens (including phenoxy) is 2. The Kier molecular flexibility index (Phi) is 4.96. The van der Waals surface area contributed by atoms with Crippen LogP contribution in [0.4, 0.5) is 0 Å². The lowest BCUT2D eigenvalue weighted by Crippen LogP contribution is -2.28. The maximum atomic E-state index is 12.0. The number of carbonyl (C=O) groups excluding carboxylic acids is 1. The third kappa shape index (κ3) is 3.83. The van der Waals surface area contributed by atoms with Crippen LogP contribution < -0.4 is 14.8 Å². The van der Waals surface area contributed by atoms with Gasteiger partial charge in [-0.2, -0.15) is 0 Å². The van der Waals surface area contributed by atoms with Crippen LogP contribution in [0.5, 0.6) is 11.5 Å². The number of aromatic nitrogens is 1. The number of thiazole rings is 1. The molecule has 0 saturated carbocycles. The zero-order chi connectivity index (χ0) is 16.9. The van der Waals surface area contributed by atoms with E-state index >= 15 is 0 Å². The van der Waals surface area contributed by atoms with Crippen molar-refractivity contribution in [3.05, 3.63) is 53.0 Å². The molecule has 24 heavy (non-hydrogen) atoms. The van der Waals surface area contributed by atoms with Crippen molar-refractivity contribution in [3.8, 4) is 11.5 Å². The zero-order valence-corrected chi connectivity index (χ0v) is 14.4. The maximum absolute atomic E-state index is 12.0. The summed E-state index contributed by atoms with van der Waals surface area (Å²) >= 11 is 1.57. The van der Waals surface area contributed by atoms with Gasteiger partial charge in [-0.15, -0.1) is 11.3 Å². The number of hydrogen-bond donors (Lipinski definition) is 1. The van der Waals surface area contributed by atoms with Crippen molar-refractivity contribution < 1.29 is 14.3 Å². The van der Waals surface area contributed by atoms with Gasteiger partial charge in [0.1, 0.15) is 5.01 Å². The highest BCUT2D eigenvalue weighted by atomic mass is 32.1. The molecule has 6 heteroatoms. The second-order valence-corrected chi connectivity index (χ2v) is 6.41. The van der Waals surface area contributed by atoms with E-state index in [1.54, 1.807) is 24.5 Å². The predicted octanol–water partition coefficient (Wildman–Crippen LogP) is 3.31. The number of fused-ring (bicyclic) bond motifs is 1. The standard InChI is InChI=1S/C18H18N2O3S/c1-12-7-8-14(15(9-12)22-2)23-11-17(21)19-10-18-20-13-5-3-4-6-16(13)24-18/h3-9H,10-11H2,1-2H3,(H,19,21). The molecule has 0 aliphatic heterocycles. The minimum absolute atomic E-state index is 0.0652. The first-order valence-electron chi connectivity index (χ1n) is 7.54. The molecule has 1 aromatic heterocycles. The first-order chi connectivity index (χ1) is 11.7. The molecule has 1 N–H and O–H groups in total. The van der Waals surface area contributed by atoms with Crippen LogP contribution in [0, 0.1) is 6.92 Å². The molecule has 2 aromatic carbocycles. The Balaban J connectivity index is 1.54. The van der Waals surface area contributed by atoms with Crippen LogP contribution in [-0.2, 0) is 11.3 Å². The van der Waals surface area contributed by atoms with Gasteiger partial charge in [0, 0.05) is 0 Å². The highest BCUT2D eigenvalue weighted by Gasteiger charge is 2.09. The van der Waals surface area contributed by atoms with E-state index in [4.69, 9.17) is 9.47 Å². The molecule has 3 aromatic rings. The van der Waals surface area contributed by atoms with Crippen molar-refractivity contribution >= 4 is 27.5 Å². The van der Waals surface area contributed by atoms with Gasteiger partial charge in [-0.3, -0.25) is 4.79 Å². The van der Waals surface area contributed by atoms with Gasteiger partial charge in [0.05, 0.1) is 23.9 Å². The number of carbonyl (C=O) groups is 1. The quantitative estimate of drug-likeness (QED) is 0.747. The van der Waals surface area contributed by atoms with Gasteiger partial charge in [-0.1, -0.05) is 18.2 Å².